The van der Waals surface area contributed by atoms with Crippen LogP contribution in [0.5, 0.6) is 0 Å². The van der Waals surface area contributed by atoms with Gasteiger partial charge in [0.1, 0.15) is 5.78 Å². The molecule has 2 atom stereocenters. The van der Waals surface area contributed by atoms with Crippen LogP contribution in [0.2, 0.25) is 0 Å². The lowest BCUT2D eigenvalue weighted by atomic mass is 9.83. The Bertz CT molecular complexity index is 118. The van der Waals surface area contributed by atoms with Gasteiger partial charge in [-0.3, -0.25) is 4.79 Å². The molecular weight excluding hydrogens is 112 g/mol. The zero-order chi connectivity index (χ0) is 6.85. The Morgan fingerprint density at radius 2 is 2.11 bits per heavy atom. The van der Waals surface area contributed by atoms with Crippen molar-refractivity contribution < 1.29 is 4.79 Å². The van der Waals surface area contributed by atoms with Gasteiger partial charge in [0, 0.05) is 12.3 Å². The van der Waals surface area contributed by atoms with Crippen LogP contribution in [0.3, 0.4) is 0 Å². The van der Waals surface area contributed by atoms with Crippen LogP contribution in [0.1, 0.15) is 33.1 Å². The second-order valence-corrected chi connectivity index (χ2v) is 3.25. The second-order valence-electron chi connectivity index (χ2n) is 3.25. The fraction of sp³-hybridized carbons (Fsp3) is 0.875. The topological polar surface area (TPSA) is 17.1 Å². The van der Waals surface area contributed by atoms with E-state index in [9.17, 15) is 4.79 Å². The third-order valence-corrected chi connectivity index (χ3v) is 2.19. The molecule has 1 nitrogen and oxygen atoms in total. The van der Waals surface area contributed by atoms with E-state index in [1.807, 2.05) is 6.92 Å². The Kier molecular flexibility index (Phi) is 1.89. The molecule has 0 saturated heterocycles. The first-order chi connectivity index (χ1) is 4.20. The zero-order valence-corrected chi connectivity index (χ0v) is 6.18. The van der Waals surface area contributed by atoms with Gasteiger partial charge in [0.2, 0.25) is 0 Å². The summed E-state index contributed by atoms with van der Waals surface area (Å²) in [5.41, 5.74) is 0. The monoisotopic (exact) mass is 126 g/mol. The van der Waals surface area contributed by atoms with Crippen molar-refractivity contribution in [2.45, 2.75) is 33.1 Å². The van der Waals surface area contributed by atoms with Crippen LogP contribution in [0.15, 0.2) is 0 Å². The van der Waals surface area contributed by atoms with E-state index in [4.69, 9.17) is 0 Å². The van der Waals surface area contributed by atoms with E-state index in [0.29, 0.717) is 11.7 Å². The minimum absolute atomic E-state index is 0.341. The van der Waals surface area contributed by atoms with Crippen LogP contribution < -0.4 is 0 Å². The molecule has 0 aliphatic heterocycles. The maximum absolute atomic E-state index is 10.9. The van der Waals surface area contributed by atoms with Gasteiger partial charge in [-0.15, -0.1) is 0 Å². The molecule has 1 fully saturated rings. The molecule has 1 aliphatic rings. The van der Waals surface area contributed by atoms with E-state index in [0.717, 1.165) is 25.2 Å². The number of ketones is 1. The Labute approximate surface area is 56.4 Å². The second kappa shape index (κ2) is 2.51. The highest BCUT2D eigenvalue weighted by Crippen LogP contribution is 2.24. The summed E-state index contributed by atoms with van der Waals surface area (Å²) in [4.78, 5) is 10.9. The average Bonchev–Trinajstić information content (AvgIpc) is 1.80. The lowest BCUT2D eigenvalue weighted by molar-refractivity contribution is -0.124. The molecule has 1 rings (SSSR count). The first-order valence-electron chi connectivity index (χ1n) is 3.73. The zero-order valence-electron chi connectivity index (χ0n) is 6.18. The van der Waals surface area contributed by atoms with Crippen LogP contribution in [-0.4, -0.2) is 5.78 Å². The molecule has 0 aromatic carbocycles. The Morgan fingerprint density at radius 1 is 1.44 bits per heavy atom. The molecule has 2 unspecified atom stereocenters. The van der Waals surface area contributed by atoms with Gasteiger partial charge in [0.25, 0.3) is 0 Å². The van der Waals surface area contributed by atoms with Gasteiger partial charge < -0.3 is 0 Å². The number of hydrogen-bond donors (Lipinski definition) is 0. The fourth-order valence-electron chi connectivity index (χ4n) is 1.49. The van der Waals surface area contributed by atoms with Crippen LogP contribution in [0, 0.1) is 11.8 Å². The summed E-state index contributed by atoms with van der Waals surface area (Å²) in [6.07, 6.45) is 3.05. The molecule has 0 heterocycles. The van der Waals surface area contributed by atoms with Crippen LogP contribution in [0.4, 0.5) is 0 Å². The number of Topliss-reactive ketones (excluding diaryl/α,β-unsaturated/α-hetero) is 1. The van der Waals surface area contributed by atoms with Crippen LogP contribution in [-0.2, 0) is 4.79 Å². The van der Waals surface area contributed by atoms with E-state index < -0.39 is 0 Å². The van der Waals surface area contributed by atoms with Crippen molar-refractivity contribution >= 4 is 5.78 Å². The smallest absolute Gasteiger partial charge is 0.135 e. The Morgan fingerprint density at radius 3 is 2.56 bits per heavy atom. The molecule has 0 aromatic rings. The highest BCUT2D eigenvalue weighted by Gasteiger charge is 2.21. The normalized spacial score (nSPS) is 36.9. The Hall–Kier alpha value is -0.330. The first kappa shape index (κ1) is 6.79. The van der Waals surface area contributed by atoms with Crippen LogP contribution >= 0.6 is 0 Å². The molecule has 1 aliphatic carbocycles. The number of carbonyl (C=O) groups excluding carboxylic acids is 1. The van der Waals surface area contributed by atoms with Crippen molar-refractivity contribution in [1.29, 1.82) is 0 Å². The summed E-state index contributed by atoms with van der Waals surface area (Å²) in [5.74, 6) is 1.58. The van der Waals surface area contributed by atoms with Gasteiger partial charge in [-0.25, -0.2) is 0 Å². The fourth-order valence-corrected chi connectivity index (χ4v) is 1.49. The summed E-state index contributed by atoms with van der Waals surface area (Å²) in [6.45, 7) is 4.26. The molecule has 0 amide bonds. The summed E-state index contributed by atoms with van der Waals surface area (Å²) in [6, 6.07) is 0. The SMILES string of the molecule is CC1CCC(=O)C(C)C1. The van der Waals surface area contributed by atoms with Crippen LogP contribution in [0.25, 0.3) is 0 Å². The lowest BCUT2D eigenvalue weighted by Crippen LogP contribution is -2.20. The van der Waals surface area contributed by atoms with E-state index in [1.54, 1.807) is 0 Å². The molecule has 9 heavy (non-hydrogen) atoms. The van der Waals surface area contributed by atoms with E-state index in [1.165, 1.54) is 0 Å². The molecule has 0 N–H and O–H groups in total. The first-order valence-corrected chi connectivity index (χ1v) is 3.73. The van der Waals surface area contributed by atoms with E-state index in [2.05, 4.69) is 6.92 Å². The molecule has 0 bridgehead atoms. The minimum atomic E-state index is 0.341. The largest absolute Gasteiger partial charge is 0.299 e. The van der Waals surface area contributed by atoms with Gasteiger partial charge >= 0.3 is 0 Å². The standard InChI is InChI=1S/C8H14O/c1-6-3-4-8(9)7(2)5-6/h6-7H,3-5H2,1-2H3. The molecule has 1 saturated carbocycles. The van der Waals surface area contributed by atoms with Gasteiger partial charge in [-0.2, -0.15) is 0 Å². The highest BCUT2D eigenvalue weighted by molar-refractivity contribution is 5.81. The average molecular weight is 126 g/mol. The maximum atomic E-state index is 10.9. The summed E-state index contributed by atoms with van der Waals surface area (Å²) in [7, 11) is 0. The molecule has 0 radical (unpaired) electrons. The quantitative estimate of drug-likeness (QED) is 0.485. The summed E-state index contributed by atoms with van der Waals surface area (Å²) < 4.78 is 0. The highest BCUT2D eigenvalue weighted by atomic mass is 16.1. The maximum Gasteiger partial charge on any atom is 0.135 e. The number of hydrogen-bond acceptors (Lipinski definition) is 1. The van der Waals surface area contributed by atoms with Gasteiger partial charge in [0.15, 0.2) is 0 Å². The Balaban J connectivity index is 2.44. The predicted octanol–water partition coefficient (Wildman–Crippen LogP) is 2.01. The van der Waals surface area contributed by atoms with Crippen molar-refractivity contribution in [1.82, 2.24) is 0 Å². The van der Waals surface area contributed by atoms with Crippen molar-refractivity contribution in [3.8, 4) is 0 Å². The van der Waals surface area contributed by atoms with Crippen molar-refractivity contribution in [2.24, 2.45) is 11.8 Å². The van der Waals surface area contributed by atoms with Gasteiger partial charge in [0.05, 0.1) is 0 Å². The van der Waals surface area contributed by atoms with Crippen molar-refractivity contribution in [2.75, 3.05) is 0 Å². The third-order valence-electron chi connectivity index (χ3n) is 2.19. The minimum Gasteiger partial charge on any atom is -0.299 e. The predicted molar refractivity (Wildman–Crippen MR) is 37.2 cm³/mol. The molecule has 1 heteroatoms. The van der Waals surface area contributed by atoms with Crippen molar-refractivity contribution in [3.05, 3.63) is 0 Å². The summed E-state index contributed by atoms with van der Waals surface area (Å²) >= 11 is 0. The molecular formula is C8H14O. The number of rotatable bonds is 0. The molecule has 52 valence electrons. The summed E-state index contributed by atoms with van der Waals surface area (Å²) in [5, 5.41) is 0. The molecule has 0 aromatic heterocycles. The number of carbonyl (C=O) groups is 1. The van der Waals surface area contributed by atoms with Crippen molar-refractivity contribution in [3.63, 3.8) is 0 Å². The van der Waals surface area contributed by atoms with Gasteiger partial charge in [-0.1, -0.05) is 13.8 Å². The molecule has 0 spiro atoms. The lowest BCUT2D eigenvalue weighted by Gasteiger charge is -2.21. The van der Waals surface area contributed by atoms with E-state index >= 15 is 0 Å². The van der Waals surface area contributed by atoms with E-state index in [-0.39, 0.29) is 0 Å². The van der Waals surface area contributed by atoms with Gasteiger partial charge in [-0.05, 0) is 18.8 Å². The third kappa shape index (κ3) is 1.54.